The first-order chi connectivity index (χ1) is 10.8. The lowest BCUT2D eigenvalue weighted by atomic mass is 10.00. The molecule has 1 heterocycles. The van der Waals surface area contributed by atoms with Crippen molar-refractivity contribution >= 4 is 23.3 Å². The third kappa shape index (κ3) is 4.71. The molecule has 3 amide bonds. The van der Waals surface area contributed by atoms with E-state index in [2.05, 4.69) is 17.6 Å². The summed E-state index contributed by atoms with van der Waals surface area (Å²) in [7, 11) is 0. The van der Waals surface area contributed by atoms with Crippen molar-refractivity contribution in [1.29, 1.82) is 0 Å². The molecule has 0 fully saturated rings. The van der Waals surface area contributed by atoms with E-state index in [1.807, 2.05) is 43.9 Å². The Bertz CT molecular complexity index is 590. The highest BCUT2D eigenvalue weighted by Gasteiger charge is 2.24. The second-order valence-corrected chi connectivity index (χ2v) is 7.07. The molecule has 0 bridgehead atoms. The van der Waals surface area contributed by atoms with Crippen LogP contribution in [0.5, 0.6) is 0 Å². The number of aryl methyl sites for hydroxylation is 1. The number of nitrogens with one attached hydrogen (secondary N) is 2. The maximum Gasteiger partial charge on any atom is 0.319 e. The molecule has 23 heavy (non-hydrogen) atoms. The zero-order valence-corrected chi connectivity index (χ0v) is 14.5. The lowest BCUT2D eigenvalue weighted by molar-refractivity contribution is -0.118. The van der Waals surface area contributed by atoms with Gasteiger partial charge in [0.05, 0.1) is 0 Å². The van der Waals surface area contributed by atoms with Gasteiger partial charge in [0.2, 0.25) is 5.91 Å². The van der Waals surface area contributed by atoms with Crippen molar-refractivity contribution in [2.45, 2.75) is 58.9 Å². The molecule has 2 N–H and O–H groups in total. The molecule has 0 atom stereocenters. The predicted octanol–water partition coefficient (Wildman–Crippen LogP) is 3.69. The van der Waals surface area contributed by atoms with E-state index in [0.717, 1.165) is 42.7 Å². The maximum atomic E-state index is 12.1. The first-order valence-electron chi connectivity index (χ1n) is 8.32. The molecular weight excluding hydrogens is 290 g/mol. The molecule has 1 aromatic carbocycles. The number of fused-ring (bicyclic) bond motifs is 1. The first kappa shape index (κ1) is 17.3. The van der Waals surface area contributed by atoms with Gasteiger partial charge in [0, 0.05) is 29.9 Å². The van der Waals surface area contributed by atoms with Crippen molar-refractivity contribution in [3.05, 3.63) is 23.8 Å². The van der Waals surface area contributed by atoms with Gasteiger partial charge in [0.1, 0.15) is 0 Å². The van der Waals surface area contributed by atoms with Crippen LogP contribution in [0.1, 0.15) is 52.5 Å². The number of carbonyl (C=O) groups excluding carboxylic acids is 2. The number of benzene rings is 1. The fraction of sp³-hybridized carbons (Fsp3) is 0.556. The van der Waals surface area contributed by atoms with E-state index in [1.54, 1.807) is 0 Å². The average Bonchev–Trinajstić information content (AvgIpc) is 2.44. The second kappa shape index (κ2) is 7.02. The summed E-state index contributed by atoms with van der Waals surface area (Å²) in [5, 5.41) is 5.74. The van der Waals surface area contributed by atoms with E-state index in [-0.39, 0.29) is 17.5 Å². The van der Waals surface area contributed by atoms with Crippen molar-refractivity contribution in [2.24, 2.45) is 0 Å². The molecule has 0 aromatic heterocycles. The van der Waals surface area contributed by atoms with Gasteiger partial charge >= 0.3 is 6.03 Å². The van der Waals surface area contributed by atoms with Crippen molar-refractivity contribution in [2.75, 3.05) is 16.8 Å². The Morgan fingerprint density at radius 2 is 2.00 bits per heavy atom. The van der Waals surface area contributed by atoms with Crippen LogP contribution in [0.25, 0.3) is 0 Å². The molecule has 0 unspecified atom stereocenters. The summed E-state index contributed by atoms with van der Waals surface area (Å²) in [6, 6.07) is 5.56. The van der Waals surface area contributed by atoms with Crippen LogP contribution in [0.15, 0.2) is 18.2 Å². The summed E-state index contributed by atoms with van der Waals surface area (Å²) in [4.78, 5) is 26.0. The third-order valence-electron chi connectivity index (χ3n) is 3.76. The van der Waals surface area contributed by atoms with Crippen LogP contribution in [0.3, 0.4) is 0 Å². The number of hydrogen-bond acceptors (Lipinski definition) is 2. The number of urea groups is 1. The van der Waals surface area contributed by atoms with E-state index in [9.17, 15) is 9.59 Å². The van der Waals surface area contributed by atoms with Crippen molar-refractivity contribution < 1.29 is 9.59 Å². The summed E-state index contributed by atoms with van der Waals surface area (Å²) in [6.07, 6.45) is 3.33. The molecule has 0 saturated carbocycles. The number of nitrogens with zero attached hydrogens (tertiary/aromatic N) is 1. The molecule has 1 aliphatic heterocycles. The normalized spacial score (nSPS) is 14.4. The van der Waals surface area contributed by atoms with Crippen LogP contribution in [0.4, 0.5) is 16.2 Å². The Morgan fingerprint density at radius 1 is 1.26 bits per heavy atom. The molecule has 0 aliphatic carbocycles. The molecule has 5 nitrogen and oxygen atoms in total. The smallest absolute Gasteiger partial charge is 0.319 e. The standard InChI is InChI=1S/C18H27N3O2/c1-5-6-11-21-15-9-8-14(12-13(15)7-10-16(21)22)19-17(23)20-18(2,3)4/h8-9,12H,5-7,10-11H2,1-4H3,(H2,19,20,23). The SMILES string of the molecule is CCCCN1C(=O)CCc2cc(NC(=O)NC(C)(C)C)ccc21. The van der Waals surface area contributed by atoms with Gasteiger partial charge in [0.15, 0.2) is 0 Å². The predicted molar refractivity (Wildman–Crippen MR) is 93.9 cm³/mol. The molecule has 0 saturated heterocycles. The molecule has 0 spiro atoms. The Morgan fingerprint density at radius 3 is 2.65 bits per heavy atom. The van der Waals surface area contributed by atoms with Gasteiger partial charge in [-0.15, -0.1) is 0 Å². The van der Waals surface area contributed by atoms with E-state index in [4.69, 9.17) is 0 Å². The van der Waals surface area contributed by atoms with Gasteiger partial charge in [-0.25, -0.2) is 4.79 Å². The zero-order chi connectivity index (χ0) is 17.0. The molecule has 1 aromatic rings. The molecular formula is C18H27N3O2. The minimum atomic E-state index is -0.276. The second-order valence-electron chi connectivity index (χ2n) is 7.07. The van der Waals surface area contributed by atoms with Gasteiger partial charge in [-0.05, 0) is 57.4 Å². The minimum Gasteiger partial charge on any atom is -0.333 e. The van der Waals surface area contributed by atoms with Crippen LogP contribution in [-0.2, 0) is 11.2 Å². The van der Waals surface area contributed by atoms with Gasteiger partial charge in [0.25, 0.3) is 0 Å². The Labute approximate surface area is 138 Å². The van der Waals surface area contributed by atoms with Gasteiger partial charge in [-0.1, -0.05) is 13.3 Å². The number of carbonyl (C=O) groups is 2. The van der Waals surface area contributed by atoms with Crippen LogP contribution in [-0.4, -0.2) is 24.0 Å². The van der Waals surface area contributed by atoms with E-state index >= 15 is 0 Å². The largest absolute Gasteiger partial charge is 0.333 e. The molecule has 0 radical (unpaired) electrons. The lowest BCUT2D eigenvalue weighted by Gasteiger charge is -2.30. The molecule has 1 aliphatic rings. The van der Waals surface area contributed by atoms with Crippen LogP contribution in [0, 0.1) is 0 Å². The highest BCUT2D eigenvalue weighted by Crippen LogP contribution is 2.30. The quantitative estimate of drug-likeness (QED) is 0.889. The van der Waals surface area contributed by atoms with Crippen LogP contribution in [0.2, 0.25) is 0 Å². The van der Waals surface area contributed by atoms with Crippen LogP contribution < -0.4 is 15.5 Å². The Balaban J connectivity index is 2.13. The Hall–Kier alpha value is -2.04. The number of rotatable bonds is 4. The topological polar surface area (TPSA) is 61.4 Å². The summed E-state index contributed by atoms with van der Waals surface area (Å²) in [6.45, 7) is 8.71. The number of anilines is 2. The van der Waals surface area contributed by atoms with Crippen molar-refractivity contribution in [1.82, 2.24) is 5.32 Å². The van der Waals surface area contributed by atoms with Crippen LogP contribution >= 0.6 is 0 Å². The fourth-order valence-electron chi connectivity index (χ4n) is 2.70. The number of unbranched alkanes of at least 4 members (excludes halogenated alkanes) is 1. The lowest BCUT2D eigenvalue weighted by Crippen LogP contribution is -2.43. The summed E-state index contributed by atoms with van der Waals surface area (Å²) in [5.74, 6) is 0.192. The molecule has 5 heteroatoms. The fourth-order valence-corrected chi connectivity index (χ4v) is 2.70. The maximum absolute atomic E-state index is 12.1. The summed E-state index contributed by atoms with van der Waals surface area (Å²) in [5.41, 5.74) is 2.59. The van der Waals surface area contributed by atoms with Crippen molar-refractivity contribution in [3.63, 3.8) is 0 Å². The summed E-state index contributed by atoms with van der Waals surface area (Å²) < 4.78 is 0. The number of amides is 3. The molecule has 2 rings (SSSR count). The zero-order valence-electron chi connectivity index (χ0n) is 14.5. The minimum absolute atomic E-state index is 0.192. The van der Waals surface area contributed by atoms with E-state index in [1.165, 1.54) is 0 Å². The summed E-state index contributed by atoms with van der Waals surface area (Å²) >= 11 is 0. The highest BCUT2D eigenvalue weighted by atomic mass is 16.2. The third-order valence-corrected chi connectivity index (χ3v) is 3.76. The molecule has 126 valence electrons. The number of hydrogen-bond donors (Lipinski definition) is 2. The Kier molecular flexibility index (Phi) is 5.29. The van der Waals surface area contributed by atoms with Gasteiger partial charge in [-0.3, -0.25) is 4.79 Å². The van der Waals surface area contributed by atoms with E-state index in [0.29, 0.717) is 6.42 Å². The average molecular weight is 317 g/mol. The highest BCUT2D eigenvalue weighted by molar-refractivity contribution is 5.97. The monoisotopic (exact) mass is 317 g/mol. The van der Waals surface area contributed by atoms with Gasteiger partial charge < -0.3 is 15.5 Å². The van der Waals surface area contributed by atoms with Crippen molar-refractivity contribution in [3.8, 4) is 0 Å². The first-order valence-corrected chi connectivity index (χ1v) is 8.32. The van der Waals surface area contributed by atoms with Gasteiger partial charge in [-0.2, -0.15) is 0 Å². The van der Waals surface area contributed by atoms with E-state index < -0.39 is 0 Å².